The average Bonchev–Trinajstić information content (AvgIpc) is 0.937. The first-order chi connectivity index (χ1) is 68.1. The first-order valence-corrected chi connectivity index (χ1v) is 50.5. The summed E-state index contributed by atoms with van der Waals surface area (Å²) < 4.78 is 181. The Kier molecular flexibility index (Phi) is 38.7. The lowest BCUT2D eigenvalue weighted by Crippen LogP contribution is -2.42. The number of nitrogens with two attached hydrogens (primary N) is 1. The van der Waals surface area contributed by atoms with E-state index >= 15 is 0 Å². The summed E-state index contributed by atoms with van der Waals surface area (Å²) >= 11 is 1.27. The van der Waals surface area contributed by atoms with Gasteiger partial charge in [0, 0.05) is 54.8 Å². The number of hydrogen-bond donors (Lipinski definition) is 4. The number of nitrogens with zero attached hydrogens (tertiary/aromatic N) is 10. The zero-order chi connectivity index (χ0) is 103. The van der Waals surface area contributed by atoms with Crippen molar-refractivity contribution in [1.82, 2.24) is 20.2 Å². The van der Waals surface area contributed by atoms with Gasteiger partial charge in [0.1, 0.15) is 78.7 Å². The van der Waals surface area contributed by atoms with Crippen molar-refractivity contribution in [2.45, 2.75) is 38.3 Å². The van der Waals surface area contributed by atoms with Gasteiger partial charge in [0.2, 0.25) is 29.5 Å². The number of hydrogen-bond acceptors (Lipinski definition) is 28. The van der Waals surface area contributed by atoms with Crippen LogP contribution in [0.4, 0.5) is 50.6 Å². The number of anilines is 9. The number of carbonyl (C=O) groups excluding carboxylic acids is 5. The minimum Gasteiger partial charge on any atom is -0.497 e. The summed E-state index contributed by atoms with van der Waals surface area (Å²) in [5, 5.41) is 17.5. The number of rotatable bonds is 37. The zero-order valence-electron chi connectivity index (χ0n) is 78.6. The van der Waals surface area contributed by atoms with Crippen molar-refractivity contribution >= 4 is 142 Å². The van der Waals surface area contributed by atoms with E-state index in [1.165, 1.54) is 177 Å². The Hall–Kier alpha value is -16.2. The largest absolute Gasteiger partial charge is 0.497 e. The number of sulfonamides is 5. The summed E-state index contributed by atoms with van der Waals surface area (Å²) in [6.45, 7) is 1.43. The summed E-state index contributed by atoms with van der Waals surface area (Å²) in [7, 11) is -7.04. The van der Waals surface area contributed by atoms with Crippen LogP contribution >= 0.6 is 11.3 Å². The van der Waals surface area contributed by atoms with Crippen LogP contribution in [-0.2, 0) is 74.1 Å². The topological polar surface area (TPSA) is 463 Å². The molecule has 0 saturated carbocycles. The lowest BCUT2D eigenvalue weighted by Gasteiger charge is -2.28. The minimum absolute atomic E-state index is 0.0354. The molecule has 11 aromatic carbocycles. The standard InChI is InChI=1S/C22H23N3O5S.C22H22N2O5S.C20H20N4O5S.C19H19N3O3S2.C16H18N2O5S/c1-24(17-8-7-13-23-15-17)22(26)16-25(31(27,28)19-9-5-4-6-10-19)20-14-18(29-2)11-12-21(20)30-3;1-28-18-13-14-21(29-2)20(15-18)24(30(26,27)19-11-7-4-8-12-19)16-22(25)23-17-9-5-3-6-10-17;1-28-16-8-9-19(29-2)18(12-16)24(30(26,27)17-6-4-3-5-7-17)14-20(25)23-15-10-11-21-22-13-15;1-14-8-9-15(2)17(12-14)22(13-18(23)21-19-20-10-11-26-19)27(24,25)16-6-4-3-5-7-16;1-22-12-8-9-15(23-2)14(10-12)18(11-16(17)19)24(20,21)13-6-4-3-5-7-13/h4-15H,16H2,1-3H3;3-15H,16H2,1-2H3,(H,23,25);3-13H,14H2,1-2H3,(H,21,23,25);3-12H,13H2,1-2H3,(H,20,21,23);3-10H,11H2,1-2H3,(H2,17,19). The molecule has 14 rings (SSSR count). The zero-order valence-corrected chi connectivity index (χ0v) is 83.5. The second-order valence-corrected chi connectivity index (χ2v) is 39.9. The molecule has 5 N–H and O–H groups in total. The number of aryl methyl sites for hydroxylation is 2. The molecule has 3 heterocycles. The fourth-order valence-corrected chi connectivity index (χ4v) is 21.1. The number of para-hydroxylation sites is 1. The molecule has 43 heteroatoms. The highest BCUT2D eigenvalue weighted by atomic mass is 32.2. The van der Waals surface area contributed by atoms with Gasteiger partial charge in [-0.05, 0) is 171 Å². The van der Waals surface area contributed by atoms with E-state index in [0.717, 1.165) is 32.7 Å². The molecule has 0 unspecified atom stereocenters. The summed E-state index contributed by atoms with van der Waals surface area (Å²) in [6, 6.07) is 77.8. The molecule has 0 atom stereocenters. The molecule has 0 saturated heterocycles. The maximum Gasteiger partial charge on any atom is 0.264 e. The van der Waals surface area contributed by atoms with Crippen LogP contribution in [0.3, 0.4) is 0 Å². The van der Waals surface area contributed by atoms with E-state index in [4.69, 9.17) is 43.6 Å². The molecule has 0 radical (unpaired) electrons. The highest BCUT2D eigenvalue weighted by Gasteiger charge is 2.36. The summed E-state index contributed by atoms with van der Waals surface area (Å²) in [5.41, 5.74) is 9.63. The van der Waals surface area contributed by atoms with Crippen LogP contribution in [0, 0.1) is 13.8 Å². The molecule has 0 spiro atoms. The van der Waals surface area contributed by atoms with Gasteiger partial charge in [0.15, 0.2) is 5.13 Å². The van der Waals surface area contributed by atoms with Crippen molar-refractivity contribution in [1.29, 1.82) is 0 Å². The van der Waals surface area contributed by atoms with Gasteiger partial charge >= 0.3 is 0 Å². The van der Waals surface area contributed by atoms with Crippen LogP contribution in [0.25, 0.3) is 0 Å². The van der Waals surface area contributed by atoms with Crippen molar-refractivity contribution in [2.24, 2.45) is 5.73 Å². The molecule has 742 valence electrons. The fraction of sp³-hybridized carbons (Fsp3) is 0.162. The molecule has 14 aromatic rings. The molecule has 142 heavy (non-hydrogen) atoms. The lowest BCUT2D eigenvalue weighted by molar-refractivity contribution is -0.117. The second kappa shape index (κ2) is 50.9. The van der Waals surface area contributed by atoms with Crippen LogP contribution in [0.15, 0.2) is 352 Å². The molecular formula is C99H102N14O23S6. The molecule has 3 aromatic heterocycles. The molecule has 0 aliphatic heterocycles. The van der Waals surface area contributed by atoms with Gasteiger partial charge in [-0.1, -0.05) is 121 Å². The highest BCUT2D eigenvalue weighted by molar-refractivity contribution is 7.94. The van der Waals surface area contributed by atoms with Gasteiger partial charge in [-0.25, -0.2) is 47.1 Å². The van der Waals surface area contributed by atoms with Gasteiger partial charge in [0.05, 0.1) is 140 Å². The van der Waals surface area contributed by atoms with E-state index in [1.54, 1.807) is 213 Å². The van der Waals surface area contributed by atoms with Gasteiger partial charge < -0.3 is 64.5 Å². The van der Waals surface area contributed by atoms with Crippen molar-refractivity contribution in [3.63, 3.8) is 0 Å². The maximum atomic E-state index is 13.5. The smallest absolute Gasteiger partial charge is 0.264 e. The summed E-state index contributed by atoms with van der Waals surface area (Å²) in [4.78, 5) is 72.2. The van der Waals surface area contributed by atoms with Crippen LogP contribution in [0.5, 0.6) is 46.0 Å². The normalized spacial score (nSPS) is 11.0. The number of benzene rings is 11. The van der Waals surface area contributed by atoms with Gasteiger partial charge in [-0.15, -0.1) is 11.3 Å². The number of ether oxygens (including phenoxy) is 8. The Labute approximate surface area is 827 Å². The maximum absolute atomic E-state index is 13.5. The quantitative estimate of drug-likeness (QED) is 0.0281. The molecular weight excluding hydrogens is 1950 g/mol. The van der Waals surface area contributed by atoms with Crippen molar-refractivity contribution in [3.8, 4) is 46.0 Å². The molecule has 0 aliphatic rings. The Balaban J connectivity index is 0.000000183. The third-order valence-corrected chi connectivity index (χ3v) is 29.9. The number of methoxy groups -OCH3 is 8. The SMILES string of the molecule is COc1ccc(OC)c(N(CC(=O)N(C)c2cccnc2)S(=O)(=O)c2ccccc2)c1.COc1ccc(OC)c(N(CC(=O)Nc2ccccc2)S(=O)(=O)c2ccccc2)c1.COc1ccc(OC)c(N(CC(=O)Nc2ccnnc2)S(=O)(=O)c2ccccc2)c1.COc1ccc(OC)c(N(CC(N)=O)S(=O)(=O)c2ccccc2)c1.Cc1ccc(C)c(N(CC(=O)Nc2nccs2)S(=O)(=O)c2ccccc2)c1. The molecule has 37 nitrogen and oxygen atoms in total. The Morgan fingerprint density at radius 1 is 0.331 bits per heavy atom. The number of pyridine rings is 1. The van der Waals surface area contributed by atoms with Gasteiger partial charge in [0.25, 0.3) is 50.1 Å². The Bertz CT molecular complexity index is 7010. The number of amides is 5. The third-order valence-electron chi connectivity index (χ3n) is 20.4. The van der Waals surface area contributed by atoms with Crippen molar-refractivity contribution in [3.05, 3.63) is 339 Å². The number of aromatic nitrogens is 4. The number of carbonyl (C=O) groups is 5. The van der Waals surface area contributed by atoms with Crippen molar-refractivity contribution in [2.75, 3.05) is 139 Å². The van der Waals surface area contributed by atoms with Crippen LogP contribution in [-0.4, -0.2) is 188 Å². The third kappa shape index (κ3) is 28.5. The number of primary amides is 1. The monoisotopic (exact) mass is 2050 g/mol. The first-order valence-electron chi connectivity index (χ1n) is 42.5. The van der Waals surface area contributed by atoms with Crippen molar-refractivity contribution < 1.29 is 104 Å². The predicted molar refractivity (Wildman–Crippen MR) is 542 cm³/mol. The fourth-order valence-electron chi connectivity index (χ4n) is 13.2. The van der Waals surface area contributed by atoms with E-state index in [0.29, 0.717) is 56.6 Å². The van der Waals surface area contributed by atoms with E-state index < -0.39 is 106 Å². The number of thiazole rings is 1. The number of nitrogens with one attached hydrogen (secondary N) is 3. The molecule has 0 fully saturated rings. The van der Waals surface area contributed by atoms with E-state index in [-0.39, 0.29) is 71.0 Å². The average molecular weight is 2050 g/mol. The van der Waals surface area contributed by atoms with Crippen LogP contribution in [0.1, 0.15) is 11.1 Å². The lowest BCUT2D eigenvalue weighted by atomic mass is 10.1. The molecule has 0 bridgehead atoms. The second-order valence-electron chi connectivity index (χ2n) is 29.7. The van der Waals surface area contributed by atoms with Gasteiger partial charge in [-0.3, -0.25) is 50.5 Å². The van der Waals surface area contributed by atoms with Gasteiger partial charge in [-0.2, -0.15) is 10.2 Å². The van der Waals surface area contributed by atoms with E-state index in [9.17, 15) is 66.1 Å². The van der Waals surface area contributed by atoms with Crippen LogP contribution in [0.2, 0.25) is 0 Å². The highest BCUT2D eigenvalue weighted by Crippen LogP contribution is 2.41. The summed E-state index contributed by atoms with van der Waals surface area (Å²) in [5.74, 6) is 0.0752. The molecule has 5 amide bonds. The summed E-state index contributed by atoms with van der Waals surface area (Å²) in [6.07, 6.45) is 7.47. The van der Waals surface area contributed by atoms with E-state index in [1.807, 2.05) is 32.0 Å². The predicted octanol–water partition coefficient (Wildman–Crippen LogP) is 13.8. The minimum atomic E-state index is -4.09. The van der Waals surface area contributed by atoms with E-state index in [2.05, 4.69) is 36.1 Å². The first kappa shape index (κ1) is 108. The Morgan fingerprint density at radius 2 is 0.669 bits per heavy atom. The molecule has 0 aliphatic carbocycles. The Morgan fingerprint density at radius 3 is 0.986 bits per heavy atom. The van der Waals surface area contributed by atoms with Crippen LogP contribution < -0.4 is 86.0 Å². The number of likely N-dealkylation sites (N-methyl/N-ethyl adjacent to an activating group) is 1.